The van der Waals surface area contributed by atoms with Crippen molar-refractivity contribution in [2.45, 2.75) is 99.5 Å². The topological polar surface area (TPSA) is 49.4 Å². The van der Waals surface area contributed by atoms with Gasteiger partial charge in [0.15, 0.2) is 0 Å². The highest BCUT2D eigenvalue weighted by Crippen LogP contribution is 2.50. The number of benzene rings is 4. The minimum Gasteiger partial charge on any atom is -0.405 e. The molecular weight excluding hydrogens is 563 g/mol. The van der Waals surface area contributed by atoms with E-state index in [1.54, 1.807) is 0 Å². The molecule has 4 aromatic carbocycles. The number of hydrogen-bond acceptors (Lipinski definition) is 4. The lowest BCUT2D eigenvalue weighted by molar-refractivity contribution is -0.147. The third-order valence-corrected chi connectivity index (χ3v) is 11.3. The fraction of sp³-hybridized carbons (Fsp3) is 0.415. The highest BCUT2D eigenvalue weighted by atomic mass is 16.2. The van der Waals surface area contributed by atoms with E-state index in [0.29, 0.717) is 25.7 Å². The van der Waals surface area contributed by atoms with E-state index in [4.69, 9.17) is 0 Å². The van der Waals surface area contributed by atoms with Crippen molar-refractivity contribution in [3.8, 4) is 0 Å². The second-order valence-corrected chi connectivity index (χ2v) is 15.2. The van der Waals surface area contributed by atoms with Gasteiger partial charge in [0.2, 0.25) is 0 Å². The maximum atomic E-state index is 13.9. The van der Waals surface area contributed by atoms with E-state index >= 15 is 0 Å². The van der Waals surface area contributed by atoms with Crippen LogP contribution in [0.15, 0.2) is 60.7 Å². The van der Waals surface area contributed by atoms with Crippen LogP contribution < -0.4 is 15.5 Å². The first-order valence-electron chi connectivity index (χ1n) is 17.3. The molecule has 4 aromatic rings. The summed E-state index contributed by atoms with van der Waals surface area (Å²) in [4.78, 5) is 30.4. The molecule has 1 heterocycles. The van der Waals surface area contributed by atoms with Gasteiger partial charge in [-0.3, -0.25) is 9.59 Å². The van der Waals surface area contributed by atoms with Gasteiger partial charge >= 0.3 is 6.98 Å². The average molecular weight is 611 g/mol. The molecule has 46 heavy (non-hydrogen) atoms. The molecule has 0 aromatic heterocycles. The number of unbranched alkanes of at least 4 members (excludes halogenated alkanes) is 2. The van der Waals surface area contributed by atoms with Crippen molar-refractivity contribution in [2.24, 2.45) is 10.8 Å². The molecule has 1 spiro atoms. The zero-order chi connectivity index (χ0) is 32.4. The summed E-state index contributed by atoms with van der Waals surface area (Å²) in [6.45, 7) is 13.8. The Morgan fingerprint density at radius 3 is 2.22 bits per heavy atom. The summed E-state index contributed by atoms with van der Waals surface area (Å²) in [6.07, 6.45) is 6.53. The smallest absolute Gasteiger partial charge is 0.405 e. The lowest BCUT2D eigenvalue weighted by Gasteiger charge is -2.40. The predicted octanol–water partition coefficient (Wildman–Crippen LogP) is 8.37. The first-order chi connectivity index (χ1) is 22.0. The van der Waals surface area contributed by atoms with Crippen molar-refractivity contribution >= 4 is 46.2 Å². The van der Waals surface area contributed by atoms with E-state index in [2.05, 4.69) is 112 Å². The fourth-order valence-electron chi connectivity index (χ4n) is 8.88. The minimum absolute atomic E-state index is 0.0889. The molecular formula is C41H47BN2O2. The Morgan fingerprint density at radius 1 is 0.826 bits per heavy atom. The standard InChI is InChI=1S/C41H47BN2O2/c1-7-8-10-17-31-27(3)32-21-41(36(45)23-40(5,6)24-37(41)46)22-33(32)28(4)39(31)42-43-34-18-13-16-30-19-26(2)20-35(38(30)34)44(42)25-29-14-11-9-12-15-29/h9,11-16,18-20,43H,7-8,10,17,21-25H2,1-6H3. The molecule has 0 bridgehead atoms. The van der Waals surface area contributed by atoms with Crippen molar-refractivity contribution in [1.82, 2.24) is 0 Å². The number of rotatable bonds is 7. The Morgan fingerprint density at radius 2 is 1.52 bits per heavy atom. The van der Waals surface area contributed by atoms with Gasteiger partial charge in [-0.2, -0.15) is 0 Å². The van der Waals surface area contributed by atoms with Gasteiger partial charge in [-0.05, 0) is 114 Å². The zero-order valence-corrected chi connectivity index (χ0v) is 28.5. The fourth-order valence-corrected chi connectivity index (χ4v) is 8.88. The number of nitrogens with one attached hydrogen (secondary N) is 1. The number of anilines is 2. The van der Waals surface area contributed by atoms with E-state index in [1.807, 2.05) is 0 Å². The van der Waals surface area contributed by atoms with Crippen LogP contribution in [0.25, 0.3) is 10.8 Å². The molecule has 0 radical (unpaired) electrons. The van der Waals surface area contributed by atoms with Crippen molar-refractivity contribution in [3.05, 3.63) is 99.6 Å². The number of nitrogens with zero attached hydrogens (tertiary/aromatic N) is 1. The molecule has 0 amide bonds. The SMILES string of the molecule is CCCCCc1c(C)c2c(c(C)c1B1Nc3cccc4cc(C)cc(c34)N1Cc1ccccc1)CC1(C2)C(=O)CC(C)(C)CC1=O. The molecule has 4 nitrogen and oxygen atoms in total. The highest BCUT2D eigenvalue weighted by Gasteiger charge is 2.55. The number of Topliss-reactive ketones (excluding diaryl/α,β-unsaturated/α-hetero) is 2. The zero-order valence-electron chi connectivity index (χ0n) is 28.5. The second-order valence-electron chi connectivity index (χ2n) is 15.2. The summed E-state index contributed by atoms with van der Waals surface area (Å²) in [5.74, 6) is 0.297. The molecule has 1 saturated carbocycles. The highest BCUT2D eigenvalue weighted by molar-refractivity contribution is 6.81. The molecule has 1 N–H and O–H groups in total. The van der Waals surface area contributed by atoms with E-state index in [9.17, 15) is 9.59 Å². The van der Waals surface area contributed by atoms with Gasteiger partial charge in [0.05, 0.1) is 5.41 Å². The summed E-state index contributed by atoms with van der Waals surface area (Å²) < 4.78 is 0. The molecule has 236 valence electrons. The van der Waals surface area contributed by atoms with Crippen molar-refractivity contribution in [3.63, 3.8) is 0 Å². The predicted molar refractivity (Wildman–Crippen MR) is 192 cm³/mol. The van der Waals surface area contributed by atoms with Gasteiger partial charge in [0, 0.05) is 36.1 Å². The normalized spacial score (nSPS) is 18.0. The summed E-state index contributed by atoms with van der Waals surface area (Å²) in [7, 11) is 0. The first-order valence-corrected chi connectivity index (χ1v) is 17.3. The number of aryl methyl sites for hydroxylation is 1. The molecule has 0 unspecified atom stereocenters. The molecule has 1 fully saturated rings. The van der Waals surface area contributed by atoms with Crippen LogP contribution in [0.2, 0.25) is 0 Å². The van der Waals surface area contributed by atoms with Crippen LogP contribution in [0, 0.1) is 31.6 Å². The van der Waals surface area contributed by atoms with Gasteiger partial charge in [-0.25, -0.2) is 0 Å². The molecule has 0 atom stereocenters. The van der Waals surface area contributed by atoms with Gasteiger partial charge in [0.25, 0.3) is 0 Å². The van der Waals surface area contributed by atoms with Crippen LogP contribution in [0.1, 0.15) is 91.8 Å². The number of hydrogen-bond donors (Lipinski definition) is 1. The third-order valence-electron chi connectivity index (χ3n) is 11.3. The number of fused-ring (bicyclic) bond motifs is 1. The Kier molecular flexibility index (Phi) is 7.65. The second kappa shape index (κ2) is 11.4. The number of ketones is 2. The van der Waals surface area contributed by atoms with E-state index < -0.39 is 5.41 Å². The maximum Gasteiger partial charge on any atom is 0.409 e. The number of carbonyl (C=O) groups is 2. The average Bonchev–Trinajstić information content (AvgIpc) is 3.43. The van der Waals surface area contributed by atoms with Gasteiger partial charge < -0.3 is 10.0 Å². The van der Waals surface area contributed by atoms with E-state index in [1.165, 1.54) is 67.3 Å². The third kappa shape index (κ3) is 4.98. The monoisotopic (exact) mass is 610 g/mol. The van der Waals surface area contributed by atoms with Crippen LogP contribution in [0.5, 0.6) is 0 Å². The summed E-state index contributed by atoms with van der Waals surface area (Å²) >= 11 is 0. The van der Waals surface area contributed by atoms with Crippen LogP contribution in [-0.2, 0) is 35.4 Å². The lowest BCUT2D eigenvalue weighted by atomic mass is 9.58. The van der Waals surface area contributed by atoms with Crippen LogP contribution in [0.4, 0.5) is 11.4 Å². The summed E-state index contributed by atoms with van der Waals surface area (Å²) in [6, 6.07) is 22.0. The number of carbonyl (C=O) groups excluding carboxylic acids is 2. The van der Waals surface area contributed by atoms with Crippen molar-refractivity contribution < 1.29 is 9.59 Å². The minimum atomic E-state index is -0.897. The van der Waals surface area contributed by atoms with Gasteiger partial charge in [0.1, 0.15) is 11.6 Å². The molecule has 0 saturated heterocycles. The first kappa shape index (κ1) is 30.8. The molecule has 1 aliphatic heterocycles. The van der Waals surface area contributed by atoms with Crippen LogP contribution in [-0.4, -0.2) is 18.5 Å². The van der Waals surface area contributed by atoms with Crippen molar-refractivity contribution in [1.29, 1.82) is 0 Å². The summed E-state index contributed by atoms with van der Waals surface area (Å²) in [5, 5.41) is 6.57. The van der Waals surface area contributed by atoms with E-state index in [0.717, 1.165) is 31.5 Å². The quantitative estimate of drug-likeness (QED) is 0.130. The Balaban J connectivity index is 1.42. The Labute approximate surface area is 275 Å². The van der Waals surface area contributed by atoms with Gasteiger partial charge in [-0.1, -0.05) is 82.1 Å². The molecule has 3 aliphatic rings. The van der Waals surface area contributed by atoms with Crippen LogP contribution in [0.3, 0.4) is 0 Å². The maximum absolute atomic E-state index is 13.9. The Hall–Kier alpha value is -3.86. The van der Waals surface area contributed by atoms with Gasteiger partial charge in [-0.15, -0.1) is 0 Å². The molecule has 2 aliphatic carbocycles. The van der Waals surface area contributed by atoms with Crippen LogP contribution >= 0.6 is 0 Å². The largest absolute Gasteiger partial charge is 0.409 e. The summed E-state index contributed by atoms with van der Waals surface area (Å²) in [5.41, 5.74) is 11.6. The molecule has 5 heteroatoms. The van der Waals surface area contributed by atoms with E-state index in [-0.39, 0.29) is 24.0 Å². The van der Waals surface area contributed by atoms with Crippen molar-refractivity contribution in [2.75, 3.05) is 10.0 Å². The lowest BCUT2D eigenvalue weighted by Crippen LogP contribution is -2.58. The Bertz CT molecular complexity index is 1860. The molecule has 7 rings (SSSR count).